The van der Waals surface area contributed by atoms with E-state index in [-0.39, 0.29) is 0 Å². The highest BCUT2D eigenvalue weighted by Crippen LogP contribution is 2.30. The summed E-state index contributed by atoms with van der Waals surface area (Å²) < 4.78 is 5.76. The molecule has 0 aliphatic rings. The molecule has 5 heteroatoms. The van der Waals surface area contributed by atoms with Crippen molar-refractivity contribution < 1.29 is 4.74 Å². The predicted molar refractivity (Wildman–Crippen MR) is 105 cm³/mol. The molecule has 2 N–H and O–H groups in total. The summed E-state index contributed by atoms with van der Waals surface area (Å²) in [7, 11) is 0. The summed E-state index contributed by atoms with van der Waals surface area (Å²) >= 11 is 6.27. The van der Waals surface area contributed by atoms with Crippen molar-refractivity contribution in [2.45, 2.75) is 45.4 Å². The molecule has 0 aromatic heterocycles. The van der Waals surface area contributed by atoms with Crippen LogP contribution < -0.4 is 10.5 Å². The first kappa shape index (κ1) is 19.3. The summed E-state index contributed by atoms with van der Waals surface area (Å²) in [5.41, 5.74) is 7.78. The third-order valence-electron chi connectivity index (χ3n) is 3.84. The monoisotopic (exact) mass is 359 g/mol. The molecule has 2 rings (SSSR count). The Morgan fingerprint density at radius 2 is 1.52 bits per heavy atom. The fourth-order valence-electron chi connectivity index (χ4n) is 2.39. The SMILES string of the molecule is CCCCCCCCOc1ccc(N=Nc2ccc(N)cc2)cc1Cl. The average Bonchev–Trinajstić information content (AvgIpc) is 2.62. The molecule has 0 radical (unpaired) electrons. The van der Waals surface area contributed by atoms with Gasteiger partial charge in [-0.1, -0.05) is 50.6 Å². The van der Waals surface area contributed by atoms with Crippen LogP contribution in [0.1, 0.15) is 45.4 Å². The van der Waals surface area contributed by atoms with Crippen LogP contribution in [0.15, 0.2) is 52.7 Å². The maximum atomic E-state index is 6.27. The smallest absolute Gasteiger partial charge is 0.138 e. The fraction of sp³-hybridized carbons (Fsp3) is 0.400. The lowest BCUT2D eigenvalue weighted by Gasteiger charge is -2.08. The highest BCUT2D eigenvalue weighted by molar-refractivity contribution is 6.32. The van der Waals surface area contributed by atoms with Crippen LogP contribution in [0.25, 0.3) is 0 Å². The van der Waals surface area contributed by atoms with Gasteiger partial charge in [-0.25, -0.2) is 0 Å². The van der Waals surface area contributed by atoms with E-state index in [1.54, 1.807) is 18.2 Å². The number of rotatable bonds is 10. The molecule has 0 fully saturated rings. The summed E-state index contributed by atoms with van der Waals surface area (Å²) in [6, 6.07) is 12.7. The van der Waals surface area contributed by atoms with Gasteiger partial charge in [0.05, 0.1) is 23.0 Å². The molecule has 2 aromatic carbocycles. The minimum absolute atomic E-state index is 0.555. The third-order valence-corrected chi connectivity index (χ3v) is 4.14. The van der Waals surface area contributed by atoms with E-state index in [1.165, 1.54) is 32.1 Å². The highest BCUT2D eigenvalue weighted by atomic mass is 35.5. The minimum Gasteiger partial charge on any atom is -0.492 e. The van der Waals surface area contributed by atoms with Crippen LogP contribution in [0.2, 0.25) is 5.02 Å². The van der Waals surface area contributed by atoms with E-state index in [4.69, 9.17) is 22.1 Å². The first-order valence-electron chi connectivity index (χ1n) is 8.88. The number of nitrogens with two attached hydrogens (primary N) is 1. The zero-order valence-electron chi connectivity index (χ0n) is 14.7. The summed E-state index contributed by atoms with van der Waals surface area (Å²) in [5.74, 6) is 0.696. The molecule has 0 saturated carbocycles. The standard InChI is InChI=1S/C20H26ClN3O/c1-2-3-4-5-6-7-14-25-20-13-12-18(15-19(20)21)24-23-17-10-8-16(22)9-11-17/h8-13,15H,2-7,14,22H2,1H3. The molecule has 0 amide bonds. The van der Waals surface area contributed by atoms with Crippen LogP contribution in [0, 0.1) is 0 Å². The van der Waals surface area contributed by atoms with E-state index in [0.29, 0.717) is 28.8 Å². The number of nitrogens with zero attached hydrogens (tertiary/aromatic N) is 2. The molecule has 0 heterocycles. The number of ether oxygens (including phenoxy) is 1. The van der Waals surface area contributed by atoms with Crippen molar-refractivity contribution >= 4 is 28.7 Å². The van der Waals surface area contributed by atoms with Crippen LogP contribution in [-0.2, 0) is 0 Å². The Balaban J connectivity index is 1.80. The molecule has 0 spiro atoms. The lowest BCUT2D eigenvalue weighted by atomic mass is 10.1. The average molecular weight is 360 g/mol. The van der Waals surface area contributed by atoms with Gasteiger partial charge in [0.1, 0.15) is 5.75 Å². The van der Waals surface area contributed by atoms with Crippen LogP contribution in [0.5, 0.6) is 5.75 Å². The molecule has 0 unspecified atom stereocenters. The molecule has 0 saturated heterocycles. The third kappa shape index (κ3) is 7.14. The first-order valence-corrected chi connectivity index (χ1v) is 9.26. The van der Waals surface area contributed by atoms with E-state index in [0.717, 1.165) is 12.1 Å². The second kappa shape index (κ2) is 10.7. The Labute approximate surface area is 155 Å². The molecular weight excluding hydrogens is 334 g/mol. The van der Waals surface area contributed by atoms with Crippen LogP contribution >= 0.6 is 11.6 Å². The van der Waals surface area contributed by atoms with E-state index in [1.807, 2.05) is 24.3 Å². The number of hydrogen-bond acceptors (Lipinski definition) is 4. The molecule has 25 heavy (non-hydrogen) atoms. The molecule has 0 atom stereocenters. The van der Waals surface area contributed by atoms with Crippen LogP contribution in [0.3, 0.4) is 0 Å². The summed E-state index contributed by atoms with van der Waals surface area (Å²) in [6.07, 6.45) is 7.43. The largest absolute Gasteiger partial charge is 0.492 e. The molecule has 2 aromatic rings. The molecular formula is C20H26ClN3O. The Hall–Kier alpha value is -2.07. The molecule has 134 valence electrons. The number of unbranched alkanes of at least 4 members (excludes halogenated alkanes) is 5. The second-order valence-corrected chi connectivity index (χ2v) is 6.43. The van der Waals surface area contributed by atoms with Gasteiger partial charge in [0.25, 0.3) is 0 Å². The van der Waals surface area contributed by atoms with Gasteiger partial charge < -0.3 is 10.5 Å². The number of hydrogen-bond donors (Lipinski definition) is 1. The van der Waals surface area contributed by atoms with Gasteiger partial charge in [-0.05, 0) is 48.9 Å². The number of halogens is 1. The van der Waals surface area contributed by atoms with E-state index >= 15 is 0 Å². The minimum atomic E-state index is 0.555. The first-order chi connectivity index (χ1) is 12.2. The van der Waals surface area contributed by atoms with Crippen molar-refractivity contribution in [3.63, 3.8) is 0 Å². The Morgan fingerprint density at radius 1 is 0.880 bits per heavy atom. The van der Waals surface area contributed by atoms with Gasteiger partial charge in [0, 0.05) is 5.69 Å². The van der Waals surface area contributed by atoms with Gasteiger partial charge in [-0.2, -0.15) is 10.2 Å². The second-order valence-electron chi connectivity index (χ2n) is 6.02. The van der Waals surface area contributed by atoms with Crippen molar-refractivity contribution in [1.29, 1.82) is 0 Å². The van der Waals surface area contributed by atoms with Crippen LogP contribution in [-0.4, -0.2) is 6.61 Å². The molecule has 0 aliphatic carbocycles. The summed E-state index contributed by atoms with van der Waals surface area (Å²) in [4.78, 5) is 0. The summed E-state index contributed by atoms with van der Waals surface area (Å²) in [6.45, 7) is 2.92. The van der Waals surface area contributed by atoms with Crippen molar-refractivity contribution in [2.75, 3.05) is 12.3 Å². The van der Waals surface area contributed by atoms with Gasteiger partial charge >= 0.3 is 0 Å². The molecule has 4 nitrogen and oxygen atoms in total. The maximum absolute atomic E-state index is 6.27. The van der Waals surface area contributed by atoms with Gasteiger partial charge in [-0.3, -0.25) is 0 Å². The Morgan fingerprint density at radius 3 is 2.24 bits per heavy atom. The fourth-order valence-corrected chi connectivity index (χ4v) is 2.62. The predicted octanol–water partition coefficient (Wildman–Crippen LogP) is 7.08. The van der Waals surface area contributed by atoms with E-state index in [2.05, 4.69) is 17.2 Å². The zero-order chi connectivity index (χ0) is 17.9. The van der Waals surface area contributed by atoms with Crippen molar-refractivity contribution in [2.24, 2.45) is 10.2 Å². The number of azo groups is 1. The lowest BCUT2D eigenvalue weighted by molar-refractivity contribution is 0.304. The molecule has 0 aliphatic heterocycles. The van der Waals surface area contributed by atoms with E-state index in [9.17, 15) is 0 Å². The Bertz CT molecular complexity index is 671. The number of anilines is 1. The maximum Gasteiger partial charge on any atom is 0.138 e. The number of nitrogen functional groups attached to an aromatic ring is 1. The van der Waals surface area contributed by atoms with Crippen molar-refractivity contribution in [3.8, 4) is 5.75 Å². The van der Waals surface area contributed by atoms with Crippen LogP contribution in [0.4, 0.5) is 17.1 Å². The normalized spacial score (nSPS) is 11.1. The quantitative estimate of drug-likeness (QED) is 0.280. The summed E-state index contributed by atoms with van der Waals surface area (Å²) in [5, 5.41) is 8.92. The van der Waals surface area contributed by atoms with Crippen molar-refractivity contribution in [1.82, 2.24) is 0 Å². The number of benzene rings is 2. The van der Waals surface area contributed by atoms with Crippen molar-refractivity contribution in [3.05, 3.63) is 47.5 Å². The zero-order valence-corrected chi connectivity index (χ0v) is 15.5. The van der Waals surface area contributed by atoms with Gasteiger partial charge in [-0.15, -0.1) is 0 Å². The van der Waals surface area contributed by atoms with Gasteiger partial charge in [0.2, 0.25) is 0 Å². The van der Waals surface area contributed by atoms with Gasteiger partial charge in [0.15, 0.2) is 0 Å². The lowest BCUT2D eigenvalue weighted by Crippen LogP contribution is -1.97. The van der Waals surface area contributed by atoms with E-state index < -0.39 is 0 Å². The topological polar surface area (TPSA) is 60.0 Å². The highest BCUT2D eigenvalue weighted by Gasteiger charge is 2.03. The molecule has 0 bridgehead atoms. The Kier molecular flexibility index (Phi) is 8.26.